The second kappa shape index (κ2) is 5.01. The Morgan fingerprint density at radius 2 is 1.58 bits per heavy atom. The van der Waals surface area contributed by atoms with E-state index in [1.807, 2.05) is 0 Å². The molecule has 1 rings (SSSR count). The summed E-state index contributed by atoms with van der Waals surface area (Å²) in [6.07, 6.45) is 0. The standard InChI is InChI=1S/C6H5ClO2SSe.Na.H/c7-5-1-3-6(4-2-5)10(8,9)11;;/h1-4H,(H,8,9,11);;. The van der Waals surface area contributed by atoms with E-state index in [2.05, 4.69) is 0 Å². The molecule has 62 valence electrons. The molecule has 12 heavy (non-hydrogen) atoms. The molecular weight excluding hydrogens is 274 g/mol. The Morgan fingerprint density at radius 1 is 1.17 bits per heavy atom. The molecule has 0 saturated heterocycles. The van der Waals surface area contributed by atoms with Gasteiger partial charge in [-0.1, -0.05) is 0 Å². The normalized spacial score (nSPS) is 10.5. The average Bonchev–Trinajstić information content (AvgIpc) is 1.86. The van der Waals surface area contributed by atoms with Crippen molar-refractivity contribution in [3.05, 3.63) is 29.3 Å². The van der Waals surface area contributed by atoms with Gasteiger partial charge in [-0.05, 0) is 0 Å². The van der Waals surface area contributed by atoms with Crippen molar-refractivity contribution in [2.24, 2.45) is 0 Å². The summed E-state index contributed by atoms with van der Waals surface area (Å²) in [5, 5.41) is 0.532. The molecule has 0 radical (unpaired) electrons. The van der Waals surface area contributed by atoms with Crippen LogP contribution in [0.2, 0.25) is 5.02 Å². The van der Waals surface area contributed by atoms with Gasteiger partial charge >= 0.3 is 107 Å². The monoisotopic (exact) mass is 280 g/mol. The molecule has 0 spiro atoms. The number of benzene rings is 1. The second-order valence-electron chi connectivity index (χ2n) is 1.93. The van der Waals surface area contributed by atoms with Crippen molar-refractivity contribution in [2.45, 2.75) is 4.90 Å². The average molecular weight is 280 g/mol. The Labute approximate surface area is 106 Å². The topological polar surface area (TPSA) is 34.1 Å². The number of hydrogen-bond acceptors (Lipinski definition) is 2. The Morgan fingerprint density at radius 3 is 1.92 bits per heavy atom. The van der Waals surface area contributed by atoms with Gasteiger partial charge < -0.3 is 0 Å². The third-order valence-corrected chi connectivity index (χ3v) is 3.56. The molecule has 0 fully saturated rings. The number of halogens is 1. The van der Waals surface area contributed by atoms with Crippen LogP contribution in [0.1, 0.15) is 0 Å². The van der Waals surface area contributed by atoms with E-state index in [-0.39, 0.29) is 34.5 Å². The molecule has 6 heteroatoms. The van der Waals surface area contributed by atoms with Crippen LogP contribution < -0.4 is 0 Å². The minimum atomic E-state index is -3.14. The van der Waals surface area contributed by atoms with Crippen molar-refractivity contribution >= 4 is 64.3 Å². The van der Waals surface area contributed by atoms with E-state index in [0.29, 0.717) is 5.02 Å². The fraction of sp³-hybridized carbons (Fsp3) is 0. The van der Waals surface area contributed by atoms with Gasteiger partial charge in [0.15, 0.2) is 0 Å². The van der Waals surface area contributed by atoms with Crippen LogP contribution in [0.4, 0.5) is 0 Å². The van der Waals surface area contributed by atoms with Crippen molar-refractivity contribution in [3.63, 3.8) is 0 Å². The third-order valence-electron chi connectivity index (χ3n) is 1.11. The number of rotatable bonds is 1. The van der Waals surface area contributed by atoms with E-state index >= 15 is 0 Å². The van der Waals surface area contributed by atoms with Gasteiger partial charge in [0.1, 0.15) is 0 Å². The molecule has 0 atom stereocenters. The summed E-state index contributed by atoms with van der Waals surface area (Å²) < 4.78 is 21.7. The van der Waals surface area contributed by atoms with Crippen LogP contribution in [0.5, 0.6) is 0 Å². The van der Waals surface area contributed by atoms with Crippen molar-refractivity contribution in [2.75, 3.05) is 0 Å². The van der Waals surface area contributed by atoms with Crippen LogP contribution in [-0.2, 0) is 8.26 Å². The van der Waals surface area contributed by atoms with E-state index in [1.54, 1.807) is 27.0 Å². The molecule has 0 amide bonds. The Bertz CT molecular complexity index is 348. The van der Waals surface area contributed by atoms with E-state index in [4.69, 9.17) is 11.6 Å². The van der Waals surface area contributed by atoms with Gasteiger partial charge in [-0.3, -0.25) is 0 Å². The molecule has 0 bridgehead atoms. The maximum absolute atomic E-state index is 10.9. The van der Waals surface area contributed by atoms with Gasteiger partial charge in [0, 0.05) is 0 Å². The zero-order valence-electron chi connectivity index (χ0n) is 5.36. The van der Waals surface area contributed by atoms with Gasteiger partial charge in [-0.2, -0.15) is 0 Å². The van der Waals surface area contributed by atoms with Crippen LogP contribution in [-0.4, -0.2) is 52.9 Å². The first-order valence-electron chi connectivity index (χ1n) is 2.73. The van der Waals surface area contributed by atoms with Crippen LogP contribution in [0.25, 0.3) is 0 Å². The van der Waals surface area contributed by atoms with Crippen molar-refractivity contribution in [1.29, 1.82) is 0 Å². The fourth-order valence-corrected chi connectivity index (χ4v) is 1.98. The molecule has 1 aromatic rings. The fourth-order valence-electron chi connectivity index (χ4n) is 0.607. The van der Waals surface area contributed by atoms with E-state index in [0.717, 1.165) is 0 Å². The van der Waals surface area contributed by atoms with Crippen LogP contribution in [0.15, 0.2) is 29.2 Å². The zero-order chi connectivity index (χ0) is 8.48. The number of hydrogen-bond donors (Lipinski definition) is 0. The molecule has 0 aliphatic heterocycles. The maximum atomic E-state index is 10.9. The summed E-state index contributed by atoms with van der Waals surface area (Å²) in [6.45, 7) is 0. The predicted octanol–water partition coefficient (Wildman–Crippen LogP) is 0.281. The van der Waals surface area contributed by atoms with Gasteiger partial charge in [-0.15, -0.1) is 0 Å². The SMILES string of the molecule is O=S(=O)([SeH])c1ccc(Cl)cc1.[NaH]. The molecule has 0 aliphatic carbocycles. The predicted molar refractivity (Wildman–Crippen MR) is 52.9 cm³/mol. The Hall–Kier alpha value is 0.979. The Balaban J connectivity index is 0.00000121. The first kappa shape index (κ1) is 13.0. The van der Waals surface area contributed by atoms with Gasteiger partial charge in [0.2, 0.25) is 0 Å². The first-order chi connectivity index (χ1) is 5.00. The van der Waals surface area contributed by atoms with Crippen LogP contribution >= 0.6 is 11.6 Å². The van der Waals surface area contributed by atoms with Crippen molar-refractivity contribution in [1.82, 2.24) is 0 Å². The van der Waals surface area contributed by atoms with E-state index < -0.39 is 8.26 Å². The first-order valence-corrected chi connectivity index (χ1v) is 6.85. The summed E-state index contributed by atoms with van der Waals surface area (Å²) in [7, 11) is -3.14. The summed E-state index contributed by atoms with van der Waals surface area (Å²) in [6, 6.07) is 6.02. The molecule has 2 nitrogen and oxygen atoms in total. The molecule has 0 N–H and O–H groups in total. The molecule has 0 saturated carbocycles. The van der Waals surface area contributed by atoms with Crippen molar-refractivity contribution < 1.29 is 8.42 Å². The second-order valence-corrected chi connectivity index (χ2v) is 6.81. The molecule has 0 aromatic heterocycles. The molecule has 0 unspecified atom stereocenters. The molecule has 0 heterocycles. The quantitative estimate of drug-likeness (QED) is 0.692. The van der Waals surface area contributed by atoms with Crippen molar-refractivity contribution in [3.8, 4) is 0 Å². The van der Waals surface area contributed by atoms with E-state index in [1.165, 1.54) is 12.1 Å². The van der Waals surface area contributed by atoms with Gasteiger partial charge in [0.25, 0.3) is 0 Å². The summed E-state index contributed by atoms with van der Waals surface area (Å²) in [4.78, 5) is 0.266. The molecule has 0 aliphatic rings. The summed E-state index contributed by atoms with van der Waals surface area (Å²) in [5.41, 5.74) is 0. The minimum absolute atomic E-state index is 0. The molecular formula is C6H6ClNaO2SSe. The Kier molecular flexibility index (Phi) is 5.42. The van der Waals surface area contributed by atoms with Crippen LogP contribution in [0.3, 0.4) is 0 Å². The van der Waals surface area contributed by atoms with Crippen LogP contribution in [0, 0.1) is 0 Å². The van der Waals surface area contributed by atoms with Gasteiger partial charge in [-0.25, -0.2) is 0 Å². The third kappa shape index (κ3) is 3.79. The molecule has 1 aromatic carbocycles. The van der Waals surface area contributed by atoms with Gasteiger partial charge in [0.05, 0.1) is 0 Å². The summed E-state index contributed by atoms with van der Waals surface area (Å²) in [5.74, 6) is 0. The zero-order valence-corrected chi connectivity index (χ0v) is 8.81. The van der Waals surface area contributed by atoms with E-state index in [9.17, 15) is 8.42 Å². The summed E-state index contributed by atoms with van der Waals surface area (Å²) >= 11 is 7.18.